The van der Waals surface area contributed by atoms with Gasteiger partial charge in [0, 0.05) is 30.2 Å². The number of alkyl halides is 3. The lowest BCUT2D eigenvalue weighted by atomic mass is 10.1. The Hall–Kier alpha value is -1.49. The molecular formula is C14H17F3N2. The predicted molar refractivity (Wildman–Crippen MR) is 70.1 cm³/mol. The molecule has 0 amide bonds. The van der Waals surface area contributed by atoms with Crippen molar-refractivity contribution in [2.45, 2.75) is 32.5 Å². The van der Waals surface area contributed by atoms with Gasteiger partial charge in [-0.3, -0.25) is 0 Å². The maximum Gasteiger partial charge on any atom is 0.416 e. The SMILES string of the molecule is CCn1c(C(C)CN)cc2ccc(C(F)(F)F)cc21. The second-order valence-electron chi connectivity index (χ2n) is 4.72. The minimum absolute atomic E-state index is 0.127. The Bertz CT molecular complexity index is 584. The van der Waals surface area contributed by atoms with Crippen LogP contribution in [0.1, 0.15) is 31.0 Å². The fraction of sp³-hybridized carbons (Fsp3) is 0.429. The van der Waals surface area contributed by atoms with Crippen LogP contribution in [-0.4, -0.2) is 11.1 Å². The van der Waals surface area contributed by atoms with Crippen molar-refractivity contribution in [2.75, 3.05) is 6.54 Å². The van der Waals surface area contributed by atoms with E-state index in [1.807, 2.05) is 24.5 Å². The second kappa shape index (κ2) is 4.89. The summed E-state index contributed by atoms with van der Waals surface area (Å²) in [4.78, 5) is 0. The summed E-state index contributed by atoms with van der Waals surface area (Å²) in [6.45, 7) is 5.00. The first kappa shape index (κ1) is 13.9. The van der Waals surface area contributed by atoms with Crippen molar-refractivity contribution in [3.63, 3.8) is 0 Å². The molecule has 0 aliphatic heterocycles. The fourth-order valence-corrected chi connectivity index (χ4v) is 2.33. The normalized spacial score (nSPS) is 14.0. The number of hydrogen-bond acceptors (Lipinski definition) is 1. The van der Waals surface area contributed by atoms with Crippen LogP contribution in [-0.2, 0) is 12.7 Å². The summed E-state index contributed by atoms with van der Waals surface area (Å²) in [5.41, 5.74) is 6.65. The van der Waals surface area contributed by atoms with E-state index in [0.717, 1.165) is 17.1 Å². The van der Waals surface area contributed by atoms with Crippen molar-refractivity contribution in [2.24, 2.45) is 5.73 Å². The lowest BCUT2D eigenvalue weighted by Crippen LogP contribution is -2.13. The van der Waals surface area contributed by atoms with Gasteiger partial charge in [-0.2, -0.15) is 13.2 Å². The van der Waals surface area contributed by atoms with Gasteiger partial charge in [-0.15, -0.1) is 0 Å². The van der Waals surface area contributed by atoms with Gasteiger partial charge in [0.25, 0.3) is 0 Å². The molecule has 1 heterocycles. The van der Waals surface area contributed by atoms with E-state index >= 15 is 0 Å². The van der Waals surface area contributed by atoms with Crippen LogP contribution in [0.2, 0.25) is 0 Å². The summed E-state index contributed by atoms with van der Waals surface area (Å²) >= 11 is 0. The lowest BCUT2D eigenvalue weighted by molar-refractivity contribution is -0.137. The molecule has 19 heavy (non-hydrogen) atoms. The van der Waals surface area contributed by atoms with E-state index in [4.69, 9.17) is 5.73 Å². The third kappa shape index (κ3) is 2.47. The van der Waals surface area contributed by atoms with Crippen LogP contribution in [0.15, 0.2) is 24.3 Å². The zero-order chi connectivity index (χ0) is 14.2. The van der Waals surface area contributed by atoms with Gasteiger partial charge in [0.15, 0.2) is 0 Å². The van der Waals surface area contributed by atoms with Gasteiger partial charge in [-0.1, -0.05) is 13.0 Å². The minimum atomic E-state index is -4.31. The summed E-state index contributed by atoms with van der Waals surface area (Å²) < 4.78 is 40.2. The molecule has 0 bridgehead atoms. The maximum absolute atomic E-state index is 12.8. The van der Waals surface area contributed by atoms with Crippen molar-refractivity contribution < 1.29 is 13.2 Å². The number of hydrogen-bond donors (Lipinski definition) is 1. The molecule has 1 aromatic heterocycles. The number of rotatable bonds is 3. The topological polar surface area (TPSA) is 30.9 Å². The van der Waals surface area contributed by atoms with Crippen molar-refractivity contribution in [1.29, 1.82) is 0 Å². The largest absolute Gasteiger partial charge is 0.416 e. The van der Waals surface area contributed by atoms with E-state index in [0.29, 0.717) is 18.6 Å². The fourth-order valence-electron chi connectivity index (χ4n) is 2.33. The lowest BCUT2D eigenvalue weighted by Gasteiger charge is -2.13. The summed E-state index contributed by atoms with van der Waals surface area (Å²) in [6, 6.07) is 5.79. The quantitative estimate of drug-likeness (QED) is 0.905. The van der Waals surface area contributed by atoms with Crippen LogP contribution >= 0.6 is 0 Å². The highest BCUT2D eigenvalue weighted by Crippen LogP contribution is 2.33. The van der Waals surface area contributed by atoms with E-state index < -0.39 is 11.7 Å². The Morgan fingerprint density at radius 1 is 1.26 bits per heavy atom. The monoisotopic (exact) mass is 270 g/mol. The molecule has 2 nitrogen and oxygen atoms in total. The number of benzene rings is 1. The standard InChI is InChI=1S/C14H17F3N2/c1-3-19-12(9(2)8-18)6-10-4-5-11(7-13(10)19)14(15,16)17/h4-7,9H,3,8,18H2,1-2H3. The Morgan fingerprint density at radius 2 is 1.95 bits per heavy atom. The molecule has 1 atom stereocenters. The van der Waals surface area contributed by atoms with Crippen LogP contribution in [0, 0.1) is 0 Å². The van der Waals surface area contributed by atoms with Crippen LogP contribution in [0.5, 0.6) is 0 Å². The molecule has 0 aliphatic rings. The second-order valence-corrected chi connectivity index (χ2v) is 4.72. The first-order valence-electron chi connectivity index (χ1n) is 6.29. The Kier molecular flexibility index (Phi) is 3.58. The number of fused-ring (bicyclic) bond motifs is 1. The van der Waals surface area contributed by atoms with Gasteiger partial charge in [0.2, 0.25) is 0 Å². The number of halogens is 3. The van der Waals surface area contributed by atoms with E-state index in [1.165, 1.54) is 12.1 Å². The first-order chi connectivity index (χ1) is 8.88. The third-order valence-corrected chi connectivity index (χ3v) is 3.44. The first-order valence-corrected chi connectivity index (χ1v) is 6.29. The molecule has 5 heteroatoms. The number of aromatic nitrogens is 1. The number of nitrogens with two attached hydrogens (primary N) is 1. The number of nitrogens with zero attached hydrogens (tertiary/aromatic N) is 1. The minimum Gasteiger partial charge on any atom is -0.345 e. The van der Waals surface area contributed by atoms with Gasteiger partial charge < -0.3 is 10.3 Å². The molecule has 2 N–H and O–H groups in total. The molecule has 0 spiro atoms. The van der Waals surface area contributed by atoms with Gasteiger partial charge >= 0.3 is 6.18 Å². The van der Waals surface area contributed by atoms with E-state index in [2.05, 4.69) is 0 Å². The van der Waals surface area contributed by atoms with Gasteiger partial charge in [0.1, 0.15) is 0 Å². The molecule has 0 aliphatic carbocycles. The molecule has 0 saturated carbocycles. The predicted octanol–water partition coefficient (Wildman–Crippen LogP) is 3.74. The third-order valence-electron chi connectivity index (χ3n) is 3.44. The van der Waals surface area contributed by atoms with Crippen LogP contribution in [0.3, 0.4) is 0 Å². The molecular weight excluding hydrogens is 253 g/mol. The van der Waals surface area contributed by atoms with Crippen molar-refractivity contribution in [1.82, 2.24) is 4.57 Å². The molecule has 1 aromatic carbocycles. The Morgan fingerprint density at radius 3 is 2.47 bits per heavy atom. The molecule has 2 rings (SSSR count). The smallest absolute Gasteiger partial charge is 0.345 e. The van der Waals surface area contributed by atoms with Crippen LogP contribution in [0.4, 0.5) is 13.2 Å². The van der Waals surface area contributed by atoms with Gasteiger partial charge in [0.05, 0.1) is 5.56 Å². The molecule has 0 saturated heterocycles. The highest BCUT2D eigenvalue weighted by Gasteiger charge is 2.31. The zero-order valence-electron chi connectivity index (χ0n) is 11.0. The average Bonchev–Trinajstić information content (AvgIpc) is 2.74. The van der Waals surface area contributed by atoms with Gasteiger partial charge in [-0.05, 0) is 30.5 Å². The Balaban J connectivity index is 2.65. The zero-order valence-corrected chi connectivity index (χ0v) is 11.0. The number of aryl methyl sites for hydroxylation is 1. The maximum atomic E-state index is 12.8. The van der Waals surface area contributed by atoms with Crippen molar-refractivity contribution in [3.05, 3.63) is 35.5 Å². The molecule has 0 fully saturated rings. The highest BCUT2D eigenvalue weighted by molar-refractivity contribution is 5.82. The summed E-state index contributed by atoms with van der Waals surface area (Å²) in [7, 11) is 0. The van der Waals surface area contributed by atoms with Gasteiger partial charge in [-0.25, -0.2) is 0 Å². The molecule has 1 unspecified atom stereocenters. The highest BCUT2D eigenvalue weighted by atomic mass is 19.4. The van der Waals surface area contributed by atoms with E-state index in [9.17, 15) is 13.2 Å². The van der Waals surface area contributed by atoms with Crippen LogP contribution < -0.4 is 5.73 Å². The van der Waals surface area contributed by atoms with E-state index in [-0.39, 0.29) is 5.92 Å². The average molecular weight is 270 g/mol. The molecule has 104 valence electrons. The van der Waals surface area contributed by atoms with Crippen molar-refractivity contribution >= 4 is 10.9 Å². The molecule has 2 aromatic rings. The Labute approximate surface area is 110 Å². The molecule has 0 radical (unpaired) electrons. The summed E-state index contributed by atoms with van der Waals surface area (Å²) in [5.74, 6) is 0.127. The summed E-state index contributed by atoms with van der Waals surface area (Å²) in [6.07, 6.45) is -4.31. The van der Waals surface area contributed by atoms with Crippen LogP contribution in [0.25, 0.3) is 10.9 Å². The van der Waals surface area contributed by atoms with Crippen molar-refractivity contribution in [3.8, 4) is 0 Å². The summed E-state index contributed by atoms with van der Waals surface area (Å²) in [5, 5.41) is 0.824. The van der Waals surface area contributed by atoms with E-state index in [1.54, 1.807) is 0 Å².